The van der Waals surface area contributed by atoms with E-state index in [1.807, 2.05) is 24.0 Å². The molecule has 0 aliphatic carbocycles. The summed E-state index contributed by atoms with van der Waals surface area (Å²) >= 11 is 1.94. The Hall–Kier alpha value is -2.08. The van der Waals surface area contributed by atoms with Gasteiger partial charge in [0, 0.05) is 17.7 Å². The van der Waals surface area contributed by atoms with Crippen LogP contribution >= 0.6 is 11.8 Å². The minimum absolute atomic E-state index is 0.207. The van der Waals surface area contributed by atoms with E-state index in [2.05, 4.69) is 85.0 Å². The van der Waals surface area contributed by atoms with E-state index < -0.39 is 0 Å². The van der Waals surface area contributed by atoms with Crippen molar-refractivity contribution in [3.05, 3.63) is 58.8 Å². The monoisotopic (exact) mass is 441 g/mol. The van der Waals surface area contributed by atoms with E-state index in [4.69, 9.17) is 0 Å². The van der Waals surface area contributed by atoms with Crippen LogP contribution in [0, 0.1) is 6.92 Å². The summed E-state index contributed by atoms with van der Waals surface area (Å²) in [6.45, 7) is 11.6. The van der Waals surface area contributed by atoms with Gasteiger partial charge in [-0.1, -0.05) is 46.2 Å². The Morgan fingerprint density at radius 1 is 1.16 bits per heavy atom. The van der Waals surface area contributed by atoms with Crippen molar-refractivity contribution in [2.45, 2.75) is 72.4 Å². The second kappa shape index (κ2) is 14.1. The maximum Gasteiger partial charge on any atom is 0.129 e. The van der Waals surface area contributed by atoms with Crippen molar-refractivity contribution in [2.75, 3.05) is 23.4 Å². The van der Waals surface area contributed by atoms with Crippen molar-refractivity contribution in [3.63, 3.8) is 0 Å². The first kappa shape index (κ1) is 25.2. The first-order valence-corrected chi connectivity index (χ1v) is 12.4. The Balaban J connectivity index is 1.75. The van der Waals surface area contributed by atoms with E-state index in [1.54, 1.807) is 0 Å². The molecular formula is C25H39N5S. The zero-order chi connectivity index (χ0) is 22.5. The summed E-state index contributed by atoms with van der Waals surface area (Å²) in [5.74, 6) is 2.95. The maximum absolute atomic E-state index is 4.49. The summed E-state index contributed by atoms with van der Waals surface area (Å²) < 4.78 is 0. The molecule has 2 rings (SSSR count). The quantitative estimate of drug-likeness (QED) is 0.265. The number of thioether (sulfide) groups is 1. The molecule has 5 nitrogen and oxygen atoms in total. The minimum atomic E-state index is 0.207. The summed E-state index contributed by atoms with van der Waals surface area (Å²) in [7, 11) is 0. The molecule has 0 radical (unpaired) electrons. The Kier molecular flexibility index (Phi) is 11.4. The predicted octanol–water partition coefficient (Wildman–Crippen LogP) is 6.66. The molecule has 0 aromatic carbocycles. The van der Waals surface area contributed by atoms with Crippen molar-refractivity contribution < 1.29 is 0 Å². The molecule has 0 fully saturated rings. The lowest BCUT2D eigenvalue weighted by molar-refractivity contribution is 0.543. The minimum Gasteiger partial charge on any atom is -0.364 e. The van der Waals surface area contributed by atoms with Crippen LogP contribution in [0.3, 0.4) is 0 Å². The molecule has 0 amide bonds. The van der Waals surface area contributed by atoms with Gasteiger partial charge >= 0.3 is 0 Å². The van der Waals surface area contributed by atoms with E-state index in [9.17, 15) is 0 Å². The SMILES string of the molecule is CC(C)=CCCC(C)=CCCC(C)=CCSCC(Nc1ncccc1C)C1CN=NN1. The fourth-order valence-corrected chi connectivity index (χ4v) is 4.42. The molecule has 0 saturated heterocycles. The van der Waals surface area contributed by atoms with Gasteiger partial charge in [-0.2, -0.15) is 16.9 Å². The van der Waals surface area contributed by atoms with Crippen molar-refractivity contribution in [1.29, 1.82) is 0 Å². The third-order valence-electron chi connectivity index (χ3n) is 5.36. The zero-order valence-electron chi connectivity index (χ0n) is 19.8. The predicted molar refractivity (Wildman–Crippen MR) is 136 cm³/mol. The van der Waals surface area contributed by atoms with Crippen LogP contribution in [0.5, 0.6) is 0 Å². The highest BCUT2D eigenvalue weighted by Crippen LogP contribution is 2.18. The molecule has 0 bridgehead atoms. The maximum atomic E-state index is 4.49. The van der Waals surface area contributed by atoms with E-state index in [-0.39, 0.29) is 12.1 Å². The van der Waals surface area contributed by atoms with Crippen LogP contribution in [0.2, 0.25) is 0 Å². The second-order valence-corrected chi connectivity index (χ2v) is 9.65. The highest BCUT2D eigenvalue weighted by molar-refractivity contribution is 7.99. The lowest BCUT2D eigenvalue weighted by atomic mass is 10.1. The highest BCUT2D eigenvalue weighted by Gasteiger charge is 2.24. The van der Waals surface area contributed by atoms with Gasteiger partial charge in [-0.15, -0.1) is 0 Å². The Morgan fingerprint density at radius 3 is 2.58 bits per heavy atom. The van der Waals surface area contributed by atoms with Gasteiger partial charge in [0.2, 0.25) is 0 Å². The number of aromatic nitrogens is 1. The van der Waals surface area contributed by atoms with Gasteiger partial charge in [-0.3, -0.25) is 5.43 Å². The van der Waals surface area contributed by atoms with Gasteiger partial charge in [0.15, 0.2) is 0 Å². The van der Waals surface area contributed by atoms with Gasteiger partial charge in [0.1, 0.15) is 5.82 Å². The summed E-state index contributed by atoms with van der Waals surface area (Å²) in [4.78, 5) is 4.49. The van der Waals surface area contributed by atoms with Crippen molar-refractivity contribution in [2.24, 2.45) is 10.3 Å². The number of nitrogens with one attached hydrogen (secondary N) is 2. The third kappa shape index (κ3) is 10.2. The molecule has 2 atom stereocenters. The average molecular weight is 442 g/mol. The summed E-state index contributed by atoms with van der Waals surface area (Å²) in [6.07, 6.45) is 13.5. The van der Waals surface area contributed by atoms with Crippen LogP contribution in [0.1, 0.15) is 58.9 Å². The number of aryl methyl sites for hydroxylation is 1. The van der Waals surface area contributed by atoms with Crippen molar-refractivity contribution >= 4 is 17.6 Å². The Morgan fingerprint density at radius 2 is 1.90 bits per heavy atom. The van der Waals surface area contributed by atoms with Gasteiger partial charge in [-0.25, -0.2) is 4.98 Å². The molecule has 1 aromatic rings. The lowest BCUT2D eigenvalue weighted by Crippen LogP contribution is -2.43. The lowest BCUT2D eigenvalue weighted by Gasteiger charge is -2.24. The number of rotatable bonds is 13. The molecule has 2 unspecified atom stereocenters. The number of hydrogen-bond acceptors (Lipinski definition) is 6. The van der Waals surface area contributed by atoms with E-state index in [0.717, 1.165) is 42.1 Å². The van der Waals surface area contributed by atoms with Crippen molar-refractivity contribution in [3.8, 4) is 0 Å². The molecule has 0 spiro atoms. The number of allylic oxidation sites excluding steroid dienone is 5. The fourth-order valence-electron chi connectivity index (χ4n) is 3.31. The molecule has 170 valence electrons. The van der Waals surface area contributed by atoms with Gasteiger partial charge in [0.25, 0.3) is 0 Å². The molecule has 31 heavy (non-hydrogen) atoms. The third-order valence-corrected chi connectivity index (χ3v) is 6.36. The van der Waals surface area contributed by atoms with Crippen LogP contribution < -0.4 is 10.7 Å². The van der Waals surface area contributed by atoms with Gasteiger partial charge in [-0.05, 0) is 71.9 Å². The molecule has 1 aromatic heterocycles. The summed E-state index contributed by atoms with van der Waals surface area (Å²) in [5.41, 5.74) is 8.66. The number of pyridine rings is 1. The van der Waals surface area contributed by atoms with Gasteiger partial charge in [0.05, 0.1) is 18.6 Å². The van der Waals surface area contributed by atoms with Crippen LogP contribution in [0.15, 0.2) is 63.6 Å². The fraction of sp³-hybridized carbons (Fsp3) is 0.560. The number of hydrogen-bond donors (Lipinski definition) is 2. The van der Waals surface area contributed by atoms with Crippen LogP contribution in [-0.4, -0.2) is 35.1 Å². The Labute approximate surface area is 193 Å². The summed E-state index contributed by atoms with van der Waals surface area (Å²) in [6, 6.07) is 4.49. The molecule has 1 aliphatic rings. The topological polar surface area (TPSA) is 61.7 Å². The van der Waals surface area contributed by atoms with E-state index in [0.29, 0.717) is 6.54 Å². The van der Waals surface area contributed by atoms with Gasteiger partial charge < -0.3 is 5.32 Å². The second-order valence-electron chi connectivity index (χ2n) is 8.58. The standard InChI is InChI=1S/C25H39N5S/c1-19(2)9-6-10-20(3)11-7-12-21(4)14-16-31-18-24(23-17-27-30-29-23)28-25-22(5)13-8-15-26-25/h8-9,11,13-15,23-24H,6-7,10,12,16-18H2,1-5H3,(H,26,28)(H,27,29). The average Bonchev–Trinajstić information content (AvgIpc) is 3.26. The first-order valence-electron chi connectivity index (χ1n) is 11.3. The molecular weight excluding hydrogens is 402 g/mol. The highest BCUT2D eigenvalue weighted by atomic mass is 32.2. The summed E-state index contributed by atoms with van der Waals surface area (Å²) in [5, 5.41) is 11.7. The number of nitrogens with zero attached hydrogens (tertiary/aromatic N) is 3. The van der Waals surface area contributed by atoms with E-state index >= 15 is 0 Å². The zero-order valence-corrected chi connectivity index (χ0v) is 20.6. The molecule has 0 saturated carbocycles. The van der Waals surface area contributed by atoms with Crippen molar-refractivity contribution in [1.82, 2.24) is 10.4 Å². The van der Waals surface area contributed by atoms with E-state index in [1.165, 1.54) is 23.1 Å². The van der Waals surface area contributed by atoms with Crippen LogP contribution in [0.25, 0.3) is 0 Å². The van der Waals surface area contributed by atoms with Crippen LogP contribution in [-0.2, 0) is 0 Å². The first-order chi connectivity index (χ1) is 15.0. The molecule has 6 heteroatoms. The largest absolute Gasteiger partial charge is 0.364 e. The molecule has 1 aliphatic heterocycles. The molecule has 2 heterocycles. The smallest absolute Gasteiger partial charge is 0.129 e. The number of anilines is 1. The molecule has 2 N–H and O–H groups in total. The Bertz CT molecular complexity index is 785. The van der Waals surface area contributed by atoms with Crippen LogP contribution in [0.4, 0.5) is 5.82 Å². The normalized spacial score (nSPS) is 17.4.